The lowest BCUT2D eigenvalue weighted by molar-refractivity contribution is -0.141. The van der Waals surface area contributed by atoms with E-state index in [2.05, 4.69) is 10.6 Å². The molecule has 1 atom stereocenters. The van der Waals surface area contributed by atoms with Gasteiger partial charge in [0.2, 0.25) is 5.91 Å². The fourth-order valence-electron chi connectivity index (χ4n) is 4.25. The first kappa shape index (κ1) is 21.9. The van der Waals surface area contributed by atoms with Crippen molar-refractivity contribution in [1.29, 1.82) is 0 Å². The largest absolute Gasteiger partial charge is 0.480 e. The molecule has 2 aliphatic carbocycles. The number of allylic oxidation sites excluding steroid dienone is 1. The molecule has 1 amide bonds. The Labute approximate surface area is 164 Å². The minimum Gasteiger partial charge on any atom is -0.480 e. The van der Waals surface area contributed by atoms with E-state index in [9.17, 15) is 14.7 Å². The topological polar surface area (TPSA) is 78.4 Å². The Morgan fingerprint density at radius 1 is 0.963 bits per heavy atom. The Morgan fingerprint density at radius 2 is 1.59 bits per heavy atom. The fourth-order valence-corrected chi connectivity index (χ4v) is 4.25. The zero-order valence-electron chi connectivity index (χ0n) is 16.8. The second kappa shape index (κ2) is 12.9. The molecule has 0 radical (unpaired) electrons. The normalized spacial score (nSPS) is 20.4. The highest BCUT2D eigenvalue weighted by molar-refractivity contribution is 5.91. The van der Waals surface area contributed by atoms with Crippen molar-refractivity contribution in [1.82, 2.24) is 10.6 Å². The van der Waals surface area contributed by atoms with Crippen LogP contribution >= 0.6 is 0 Å². The van der Waals surface area contributed by atoms with Crippen molar-refractivity contribution in [2.45, 2.75) is 108 Å². The number of amides is 1. The Kier molecular flexibility index (Phi) is 10.5. The zero-order chi connectivity index (χ0) is 19.3. The lowest BCUT2D eigenvalue weighted by Gasteiger charge is -2.17. The van der Waals surface area contributed by atoms with Crippen molar-refractivity contribution in [3.05, 3.63) is 11.6 Å². The van der Waals surface area contributed by atoms with Gasteiger partial charge in [0.1, 0.15) is 6.04 Å². The van der Waals surface area contributed by atoms with E-state index in [0.717, 1.165) is 45.1 Å². The molecule has 0 spiro atoms. The minimum absolute atomic E-state index is 0.240. The highest BCUT2D eigenvalue weighted by Gasteiger charge is 2.19. The maximum absolute atomic E-state index is 12.2. The average molecular weight is 379 g/mol. The van der Waals surface area contributed by atoms with Crippen molar-refractivity contribution in [2.75, 3.05) is 6.54 Å². The van der Waals surface area contributed by atoms with E-state index in [1.165, 1.54) is 56.9 Å². The number of unbranched alkanes of at least 4 members (excludes halogenated alkanes) is 1. The summed E-state index contributed by atoms with van der Waals surface area (Å²) in [5.74, 6) is -1.17. The molecule has 0 unspecified atom stereocenters. The molecule has 0 heterocycles. The zero-order valence-corrected chi connectivity index (χ0v) is 16.8. The molecule has 0 saturated heterocycles. The Balaban J connectivity index is 1.66. The van der Waals surface area contributed by atoms with Crippen LogP contribution in [0.3, 0.4) is 0 Å². The van der Waals surface area contributed by atoms with Gasteiger partial charge in [0.15, 0.2) is 0 Å². The molecule has 2 saturated carbocycles. The van der Waals surface area contributed by atoms with Gasteiger partial charge in [0.25, 0.3) is 0 Å². The molecular formula is C22H38N2O3. The first-order chi connectivity index (χ1) is 13.1. The maximum atomic E-state index is 12.2. The Morgan fingerprint density at radius 3 is 2.22 bits per heavy atom. The number of carboxylic acids is 1. The highest BCUT2D eigenvalue weighted by Crippen LogP contribution is 2.21. The number of carboxylic acid groups (broad SMARTS) is 1. The molecular weight excluding hydrogens is 340 g/mol. The van der Waals surface area contributed by atoms with Crippen molar-refractivity contribution in [3.63, 3.8) is 0 Å². The molecule has 0 bridgehead atoms. The molecule has 2 fully saturated rings. The summed E-state index contributed by atoms with van der Waals surface area (Å²) in [6.07, 6.45) is 18.5. The van der Waals surface area contributed by atoms with Crippen LogP contribution in [0.25, 0.3) is 0 Å². The maximum Gasteiger partial charge on any atom is 0.326 e. The lowest BCUT2D eigenvalue weighted by Crippen LogP contribution is -2.40. The molecule has 0 aromatic carbocycles. The predicted molar refractivity (Wildman–Crippen MR) is 109 cm³/mol. The molecule has 5 nitrogen and oxygen atoms in total. The minimum atomic E-state index is -0.931. The summed E-state index contributed by atoms with van der Waals surface area (Å²) in [6.45, 7) is 0.939. The molecule has 2 rings (SSSR count). The van der Waals surface area contributed by atoms with Crippen LogP contribution in [-0.2, 0) is 9.59 Å². The van der Waals surface area contributed by atoms with E-state index in [1.807, 2.05) is 0 Å². The molecule has 154 valence electrons. The molecule has 3 N–H and O–H groups in total. The average Bonchev–Trinajstić information content (AvgIpc) is 3.05. The van der Waals surface area contributed by atoms with Gasteiger partial charge < -0.3 is 15.7 Å². The molecule has 5 heteroatoms. The third-order valence-electron chi connectivity index (χ3n) is 5.90. The quantitative estimate of drug-likeness (QED) is 0.317. The Hall–Kier alpha value is -1.36. The molecule has 0 aliphatic heterocycles. The summed E-state index contributed by atoms with van der Waals surface area (Å²) in [7, 11) is 0. The molecule has 0 aromatic heterocycles. The van der Waals surface area contributed by atoms with Crippen molar-refractivity contribution < 1.29 is 14.7 Å². The standard InChI is InChI=1S/C22H38N2O3/c25-21(17-18-11-5-1-2-6-12-18)24-20(22(26)27)15-9-10-16-23-19-13-7-3-4-8-14-19/h17,19-20,23H,1-16H2,(H,24,25)(H,26,27)/t20-/m0/s1. The highest BCUT2D eigenvalue weighted by atomic mass is 16.4. The summed E-state index contributed by atoms with van der Waals surface area (Å²) in [6, 6.07) is -0.147. The smallest absolute Gasteiger partial charge is 0.326 e. The second-order valence-corrected chi connectivity index (χ2v) is 8.25. The van der Waals surface area contributed by atoms with Crippen LogP contribution < -0.4 is 10.6 Å². The monoisotopic (exact) mass is 378 g/mol. The summed E-state index contributed by atoms with van der Waals surface area (Å²) < 4.78 is 0. The van der Waals surface area contributed by atoms with Gasteiger partial charge in [-0.25, -0.2) is 4.79 Å². The van der Waals surface area contributed by atoms with Gasteiger partial charge in [0.05, 0.1) is 0 Å². The first-order valence-electron chi connectivity index (χ1n) is 11.1. The number of carbonyl (C=O) groups excluding carboxylic acids is 1. The number of aliphatic carboxylic acids is 1. The van der Waals surface area contributed by atoms with Crippen LogP contribution in [-0.4, -0.2) is 35.6 Å². The van der Waals surface area contributed by atoms with E-state index in [1.54, 1.807) is 6.08 Å². The van der Waals surface area contributed by atoms with Gasteiger partial charge in [0, 0.05) is 12.1 Å². The lowest BCUT2D eigenvalue weighted by atomic mass is 10.1. The van der Waals surface area contributed by atoms with Gasteiger partial charge in [-0.15, -0.1) is 0 Å². The van der Waals surface area contributed by atoms with Crippen molar-refractivity contribution in [2.24, 2.45) is 0 Å². The number of hydrogen-bond acceptors (Lipinski definition) is 3. The van der Waals surface area contributed by atoms with Crippen LogP contribution in [0, 0.1) is 0 Å². The van der Waals surface area contributed by atoms with E-state index in [-0.39, 0.29) is 5.91 Å². The molecule has 2 aliphatic rings. The van der Waals surface area contributed by atoms with Crippen LogP contribution in [0.1, 0.15) is 96.3 Å². The summed E-state index contributed by atoms with van der Waals surface area (Å²) in [5, 5.41) is 15.7. The SMILES string of the molecule is O=C(C=C1CCCCCC1)N[C@@H](CCCCNC1CCCCCC1)C(=O)O. The summed E-state index contributed by atoms with van der Waals surface area (Å²) in [5.41, 5.74) is 1.17. The number of carbonyl (C=O) groups is 2. The van der Waals surface area contributed by atoms with Gasteiger partial charge in [-0.1, -0.05) is 44.1 Å². The fraction of sp³-hybridized carbons (Fsp3) is 0.818. The van der Waals surface area contributed by atoms with Gasteiger partial charge >= 0.3 is 5.97 Å². The van der Waals surface area contributed by atoms with Crippen molar-refractivity contribution >= 4 is 11.9 Å². The molecule has 0 aromatic rings. The number of rotatable bonds is 9. The summed E-state index contributed by atoms with van der Waals surface area (Å²) in [4.78, 5) is 23.7. The van der Waals surface area contributed by atoms with E-state index < -0.39 is 12.0 Å². The number of hydrogen-bond donors (Lipinski definition) is 3. The van der Waals surface area contributed by atoms with Gasteiger partial charge in [-0.2, -0.15) is 0 Å². The van der Waals surface area contributed by atoms with E-state index in [0.29, 0.717) is 12.5 Å². The van der Waals surface area contributed by atoms with Crippen LogP contribution in [0.5, 0.6) is 0 Å². The third-order valence-corrected chi connectivity index (χ3v) is 5.90. The van der Waals surface area contributed by atoms with Crippen LogP contribution in [0.4, 0.5) is 0 Å². The third kappa shape index (κ3) is 9.41. The van der Waals surface area contributed by atoms with Crippen molar-refractivity contribution in [3.8, 4) is 0 Å². The first-order valence-corrected chi connectivity index (χ1v) is 11.1. The van der Waals surface area contributed by atoms with Crippen LogP contribution in [0.2, 0.25) is 0 Å². The number of nitrogens with one attached hydrogen (secondary N) is 2. The Bertz CT molecular complexity index is 472. The van der Waals surface area contributed by atoms with E-state index >= 15 is 0 Å². The molecule has 27 heavy (non-hydrogen) atoms. The second-order valence-electron chi connectivity index (χ2n) is 8.25. The van der Waals surface area contributed by atoms with E-state index in [4.69, 9.17) is 0 Å². The van der Waals surface area contributed by atoms with Gasteiger partial charge in [-0.3, -0.25) is 4.79 Å². The summed E-state index contributed by atoms with van der Waals surface area (Å²) >= 11 is 0. The predicted octanol–water partition coefficient (Wildman–Crippen LogP) is 4.32. The van der Waals surface area contributed by atoms with Gasteiger partial charge in [-0.05, 0) is 64.3 Å². The van der Waals surface area contributed by atoms with Crippen LogP contribution in [0.15, 0.2) is 11.6 Å².